The van der Waals surface area contributed by atoms with Crippen LogP contribution in [0.5, 0.6) is 5.75 Å². The molecule has 1 fully saturated rings. The summed E-state index contributed by atoms with van der Waals surface area (Å²) in [6, 6.07) is 0. The van der Waals surface area contributed by atoms with Crippen molar-refractivity contribution in [2.24, 2.45) is 0 Å². The van der Waals surface area contributed by atoms with Gasteiger partial charge in [-0.2, -0.15) is 0 Å². The fourth-order valence-electron chi connectivity index (χ4n) is 2.15. The number of rotatable bonds is 3. The third kappa shape index (κ3) is 3.10. The van der Waals surface area contributed by atoms with Crippen molar-refractivity contribution in [2.75, 3.05) is 12.8 Å². The van der Waals surface area contributed by atoms with Gasteiger partial charge in [-0.1, -0.05) is 0 Å². The zero-order valence-electron chi connectivity index (χ0n) is 9.86. The predicted molar refractivity (Wildman–Crippen MR) is 70.0 cm³/mol. The van der Waals surface area contributed by atoms with E-state index in [9.17, 15) is 0 Å². The highest BCUT2D eigenvalue weighted by atomic mass is 79.9. The van der Waals surface area contributed by atoms with Gasteiger partial charge in [0.25, 0.3) is 0 Å². The van der Waals surface area contributed by atoms with Crippen molar-refractivity contribution in [1.82, 2.24) is 4.98 Å². The minimum Gasteiger partial charge on any atom is -0.487 e. The Morgan fingerprint density at radius 2 is 2.12 bits per heavy atom. The molecule has 0 radical (unpaired) electrons. The molecular weight excluding hydrogens is 284 g/mol. The molecule has 0 aromatic carbocycles. The van der Waals surface area contributed by atoms with Gasteiger partial charge in [0.05, 0.1) is 22.5 Å². The van der Waals surface area contributed by atoms with Crippen molar-refractivity contribution < 1.29 is 9.47 Å². The lowest BCUT2D eigenvalue weighted by molar-refractivity contribution is 0.0209. The number of halogens is 1. The molecule has 0 aliphatic heterocycles. The van der Waals surface area contributed by atoms with E-state index in [-0.39, 0.29) is 6.10 Å². The van der Waals surface area contributed by atoms with Gasteiger partial charge in [-0.3, -0.25) is 4.98 Å². The van der Waals surface area contributed by atoms with Crippen LogP contribution in [0.1, 0.15) is 25.7 Å². The van der Waals surface area contributed by atoms with Gasteiger partial charge in [0.1, 0.15) is 6.10 Å². The molecule has 2 rings (SSSR count). The normalized spacial score (nSPS) is 24.6. The third-order valence-corrected chi connectivity index (χ3v) is 3.64. The SMILES string of the molecule is COC1CCCC(Oc2c(N)cncc2Br)C1. The lowest BCUT2D eigenvalue weighted by Crippen LogP contribution is -2.29. The molecule has 1 saturated carbocycles. The Labute approximate surface area is 110 Å². The number of ether oxygens (including phenoxy) is 2. The van der Waals surface area contributed by atoms with Crippen molar-refractivity contribution in [2.45, 2.75) is 37.9 Å². The summed E-state index contributed by atoms with van der Waals surface area (Å²) in [6.45, 7) is 0. The van der Waals surface area contributed by atoms with Gasteiger partial charge in [0, 0.05) is 19.7 Å². The fourth-order valence-corrected chi connectivity index (χ4v) is 2.59. The maximum Gasteiger partial charge on any atom is 0.159 e. The van der Waals surface area contributed by atoms with Crippen molar-refractivity contribution in [3.8, 4) is 5.75 Å². The average molecular weight is 301 g/mol. The minimum atomic E-state index is 0.176. The van der Waals surface area contributed by atoms with E-state index in [1.807, 2.05) is 0 Å². The van der Waals surface area contributed by atoms with Crippen LogP contribution in [0.25, 0.3) is 0 Å². The Morgan fingerprint density at radius 3 is 2.82 bits per heavy atom. The number of pyridine rings is 1. The lowest BCUT2D eigenvalue weighted by Gasteiger charge is -2.29. The first-order chi connectivity index (χ1) is 8.20. The van der Waals surface area contributed by atoms with Crippen LogP contribution in [-0.4, -0.2) is 24.3 Å². The van der Waals surface area contributed by atoms with Crippen molar-refractivity contribution >= 4 is 21.6 Å². The number of nitrogens with zero attached hydrogens (tertiary/aromatic N) is 1. The zero-order chi connectivity index (χ0) is 12.3. The molecule has 0 saturated heterocycles. The molecule has 2 atom stereocenters. The molecule has 1 aliphatic carbocycles. The molecule has 2 N–H and O–H groups in total. The molecule has 17 heavy (non-hydrogen) atoms. The largest absolute Gasteiger partial charge is 0.487 e. The number of methoxy groups -OCH3 is 1. The molecule has 1 heterocycles. The average Bonchev–Trinajstić information content (AvgIpc) is 2.34. The molecule has 94 valence electrons. The molecule has 1 aromatic heterocycles. The van der Waals surface area contributed by atoms with Gasteiger partial charge in [-0.05, 0) is 35.2 Å². The Kier molecular flexibility index (Phi) is 4.23. The van der Waals surface area contributed by atoms with Gasteiger partial charge in [-0.15, -0.1) is 0 Å². The smallest absolute Gasteiger partial charge is 0.159 e. The topological polar surface area (TPSA) is 57.4 Å². The second-order valence-electron chi connectivity index (χ2n) is 4.30. The van der Waals surface area contributed by atoms with Crippen LogP contribution in [-0.2, 0) is 4.74 Å². The predicted octanol–water partition coefficient (Wildman–Crippen LogP) is 2.76. The molecule has 1 aliphatic rings. The number of aromatic nitrogens is 1. The van der Waals surface area contributed by atoms with Gasteiger partial charge < -0.3 is 15.2 Å². The molecule has 2 unspecified atom stereocenters. The van der Waals surface area contributed by atoms with Crippen molar-refractivity contribution in [1.29, 1.82) is 0 Å². The number of nitrogens with two attached hydrogens (primary N) is 1. The highest BCUT2D eigenvalue weighted by molar-refractivity contribution is 9.10. The molecule has 0 spiro atoms. The molecule has 0 bridgehead atoms. The summed E-state index contributed by atoms with van der Waals surface area (Å²) < 4.78 is 12.1. The van der Waals surface area contributed by atoms with Crippen LogP contribution >= 0.6 is 15.9 Å². The van der Waals surface area contributed by atoms with E-state index < -0.39 is 0 Å². The summed E-state index contributed by atoms with van der Waals surface area (Å²) >= 11 is 3.41. The lowest BCUT2D eigenvalue weighted by atomic mass is 9.95. The molecule has 1 aromatic rings. The Hall–Kier alpha value is -0.810. The van der Waals surface area contributed by atoms with Crippen LogP contribution in [0.15, 0.2) is 16.9 Å². The van der Waals surface area contributed by atoms with E-state index in [4.69, 9.17) is 15.2 Å². The van der Waals surface area contributed by atoms with E-state index in [0.29, 0.717) is 17.5 Å². The second kappa shape index (κ2) is 5.69. The first-order valence-electron chi connectivity index (χ1n) is 5.79. The molecular formula is C12H17BrN2O2. The summed E-state index contributed by atoms with van der Waals surface area (Å²) in [5, 5.41) is 0. The minimum absolute atomic E-state index is 0.176. The van der Waals surface area contributed by atoms with E-state index in [1.54, 1.807) is 19.5 Å². The van der Waals surface area contributed by atoms with Crippen LogP contribution in [0, 0.1) is 0 Å². The monoisotopic (exact) mass is 300 g/mol. The van der Waals surface area contributed by atoms with Crippen molar-refractivity contribution in [3.63, 3.8) is 0 Å². The maximum atomic E-state index is 5.96. The van der Waals surface area contributed by atoms with E-state index in [1.165, 1.54) is 0 Å². The first-order valence-corrected chi connectivity index (χ1v) is 6.58. The second-order valence-corrected chi connectivity index (χ2v) is 5.16. The standard InChI is InChI=1S/C12H17BrN2O2/c1-16-8-3-2-4-9(5-8)17-12-10(13)6-15-7-11(12)14/h6-9H,2-5,14H2,1H3. The number of hydrogen-bond acceptors (Lipinski definition) is 4. The Morgan fingerprint density at radius 1 is 1.35 bits per heavy atom. The van der Waals surface area contributed by atoms with Gasteiger partial charge in [-0.25, -0.2) is 0 Å². The van der Waals surface area contributed by atoms with E-state index >= 15 is 0 Å². The van der Waals surface area contributed by atoms with E-state index in [2.05, 4.69) is 20.9 Å². The summed E-state index contributed by atoms with van der Waals surface area (Å²) in [4.78, 5) is 3.99. The third-order valence-electron chi connectivity index (χ3n) is 3.08. The first kappa shape index (κ1) is 12.6. The van der Waals surface area contributed by atoms with Gasteiger partial charge in [0.2, 0.25) is 0 Å². The van der Waals surface area contributed by atoms with Gasteiger partial charge in [0.15, 0.2) is 5.75 Å². The van der Waals surface area contributed by atoms with Crippen LogP contribution in [0.3, 0.4) is 0 Å². The summed E-state index contributed by atoms with van der Waals surface area (Å²) in [7, 11) is 1.75. The Balaban J connectivity index is 2.05. The number of anilines is 1. The van der Waals surface area contributed by atoms with Crippen LogP contribution < -0.4 is 10.5 Å². The molecule has 5 heteroatoms. The zero-order valence-corrected chi connectivity index (χ0v) is 11.4. The fraction of sp³-hybridized carbons (Fsp3) is 0.583. The van der Waals surface area contributed by atoms with Crippen LogP contribution in [0.2, 0.25) is 0 Å². The quantitative estimate of drug-likeness (QED) is 0.932. The summed E-state index contributed by atoms with van der Waals surface area (Å²) in [5.74, 6) is 0.696. The highest BCUT2D eigenvalue weighted by Crippen LogP contribution is 2.33. The van der Waals surface area contributed by atoms with Crippen LogP contribution in [0.4, 0.5) is 5.69 Å². The molecule has 0 amide bonds. The maximum absolute atomic E-state index is 5.96. The number of nitrogen functional groups attached to an aromatic ring is 1. The van der Waals surface area contributed by atoms with Gasteiger partial charge >= 0.3 is 0 Å². The summed E-state index contributed by atoms with van der Waals surface area (Å²) in [6.07, 6.45) is 8.00. The summed E-state index contributed by atoms with van der Waals surface area (Å²) in [5.41, 5.74) is 6.43. The Bertz CT molecular complexity index is 367. The van der Waals surface area contributed by atoms with Crippen molar-refractivity contribution in [3.05, 3.63) is 16.9 Å². The molecule has 4 nitrogen and oxygen atoms in total. The van der Waals surface area contributed by atoms with E-state index in [0.717, 1.165) is 30.2 Å². The number of hydrogen-bond donors (Lipinski definition) is 1. The highest BCUT2D eigenvalue weighted by Gasteiger charge is 2.24.